The SMILES string of the molecule is CCCCCCCC/C=C\CCCCCCCC(=O)OCCCCCCCC(=O)OCCCCCCCCCCCC(=O)OCCCCCCCC(=O)O. The molecule has 0 aliphatic rings. The molecule has 0 heterocycles. The predicted molar refractivity (Wildman–Crippen MR) is 222 cm³/mol. The molecule has 0 radical (unpaired) electrons. The second kappa shape index (κ2) is 43.3. The molecule has 0 rings (SSSR count). The van der Waals surface area contributed by atoms with Crippen molar-refractivity contribution >= 4 is 23.9 Å². The summed E-state index contributed by atoms with van der Waals surface area (Å²) >= 11 is 0. The van der Waals surface area contributed by atoms with Crippen LogP contribution >= 0.6 is 0 Å². The lowest BCUT2D eigenvalue weighted by Gasteiger charge is -2.06. The molecule has 54 heavy (non-hydrogen) atoms. The Bertz CT molecular complexity index is 886. The third-order valence-electron chi connectivity index (χ3n) is 10.0. The molecule has 0 amide bonds. The van der Waals surface area contributed by atoms with Crippen molar-refractivity contribution in [2.45, 2.75) is 238 Å². The van der Waals surface area contributed by atoms with Crippen molar-refractivity contribution in [3.8, 4) is 0 Å². The standard InChI is InChI=1S/C46H84O8/c1-2-3-4-5-6-7-8-9-10-11-12-14-17-23-30-37-45(50)54-42-35-28-21-25-32-39-46(51)52-40-33-26-19-16-13-15-18-24-31-38-44(49)53-41-34-27-20-22-29-36-43(47)48/h9-10H,2-8,11-42H2,1H3,(H,47,48)/b10-9-. The monoisotopic (exact) mass is 765 g/mol. The maximum absolute atomic E-state index is 12.0. The Kier molecular flexibility index (Phi) is 41.4. The van der Waals surface area contributed by atoms with Crippen molar-refractivity contribution in [1.29, 1.82) is 0 Å². The van der Waals surface area contributed by atoms with Gasteiger partial charge in [0.1, 0.15) is 0 Å². The van der Waals surface area contributed by atoms with Crippen LogP contribution in [-0.2, 0) is 33.4 Å². The summed E-state index contributed by atoms with van der Waals surface area (Å²) < 4.78 is 16.1. The molecule has 8 heteroatoms. The quantitative estimate of drug-likeness (QED) is 0.0282. The first-order valence-electron chi connectivity index (χ1n) is 22.8. The Labute approximate surface area is 331 Å². The lowest BCUT2D eigenvalue weighted by Crippen LogP contribution is -2.06. The van der Waals surface area contributed by atoms with Crippen molar-refractivity contribution in [2.24, 2.45) is 0 Å². The Morgan fingerprint density at radius 1 is 0.352 bits per heavy atom. The van der Waals surface area contributed by atoms with E-state index in [1.54, 1.807) is 0 Å². The highest BCUT2D eigenvalue weighted by Crippen LogP contribution is 2.14. The van der Waals surface area contributed by atoms with Gasteiger partial charge in [-0.2, -0.15) is 0 Å². The highest BCUT2D eigenvalue weighted by molar-refractivity contribution is 5.70. The van der Waals surface area contributed by atoms with Crippen LogP contribution in [0.5, 0.6) is 0 Å². The van der Waals surface area contributed by atoms with Crippen LogP contribution in [-0.4, -0.2) is 48.8 Å². The lowest BCUT2D eigenvalue weighted by molar-refractivity contribution is -0.145. The number of aliphatic carboxylic acids is 1. The van der Waals surface area contributed by atoms with Gasteiger partial charge in [-0.05, 0) is 70.6 Å². The van der Waals surface area contributed by atoms with Gasteiger partial charge in [0.25, 0.3) is 0 Å². The molecule has 0 fully saturated rings. The highest BCUT2D eigenvalue weighted by Gasteiger charge is 2.06. The zero-order chi connectivity index (χ0) is 39.4. The lowest BCUT2D eigenvalue weighted by atomic mass is 10.1. The number of allylic oxidation sites excluding steroid dienone is 2. The van der Waals surface area contributed by atoms with E-state index in [0.29, 0.717) is 39.1 Å². The summed E-state index contributed by atoms with van der Waals surface area (Å²) in [5.41, 5.74) is 0. The van der Waals surface area contributed by atoms with E-state index in [-0.39, 0.29) is 24.3 Å². The van der Waals surface area contributed by atoms with Crippen LogP contribution < -0.4 is 0 Å². The molecule has 0 atom stereocenters. The molecule has 0 unspecified atom stereocenters. The second-order valence-electron chi connectivity index (χ2n) is 15.4. The molecule has 0 aliphatic heterocycles. The van der Waals surface area contributed by atoms with Gasteiger partial charge < -0.3 is 19.3 Å². The van der Waals surface area contributed by atoms with Crippen molar-refractivity contribution in [2.75, 3.05) is 19.8 Å². The molecule has 0 bridgehead atoms. The second-order valence-corrected chi connectivity index (χ2v) is 15.4. The van der Waals surface area contributed by atoms with Gasteiger partial charge in [0, 0.05) is 25.7 Å². The summed E-state index contributed by atoms with van der Waals surface area (Å²) in [6, 6.07) is 0. The third-order valence-corrected chi connectivity index (χ3v) is 10.0. The first-order valence-corrected chi connectivity index (χ1v) is 22.8. The first kappa shape index (κ1) is 51.6. The van der Waals surface area contributed by atoms with Crippen LogP contribution in [0.3, 0.4) is 0 Å². The number of hydrogen-bond acceptors (Lipinski definition) is 7. The first-order chi connectivity index (χ1) is 26.5. The molecule has 0 saturated carbocycles. The fourth-order valence-electron chi connectivity index (χ4n) is 6.53. The van der Waals surface area contributed by atoms with Gasteiger partial charge in [-0.3, -0.25) is 19.2 Å². The molecular formula is C46H84O8. The summed E-state index contributed by atoms with van der Waals surface area (Å²) in [5.74, 6) is -0.995. The Hall–Kier alpha value is -2.38. The van der Waals surface area contributed by atoms with Gasteiger partial charge in [0.05, 0.1) is 19.8 Å². The van der Waals surface area contributed by atoms with Crippen LogP contribution in [0.25, 0.3) is 0 Å². The third kappa shape index (κ3) is 44.0. The molecule has 316 valence electrons. The molecule has 1 N–H and O–H groups in total. The van der Waals surface area contributed by atoms with E-state index in [4.69, 9.17) is 19.3 Å². The maximum Gasteiger partial charge on any atom is 0.305 e. The summed E-state index contributed by atoms with van der Waals surface area (Å²) in [6.07, 6.45) is 41.9. The van der Waals surface area contributed by atoms with E-state index in [9.17, 15) is 19.2 Å². The topological polar surface area (TPSA) is 116 Å². The Morgan fingerprint density at radius 2 is 0.611 bits per heavy atom. The number of hydrogen-bond donors (Lipinski definition) is 1. The zero-order valence-electron chi connectivity index (χ0n) is 35.0. The minimum atomic E-state index is -0.738. The molecule has 0 aliphatic carbocycles. The summed E-state index contributed by atoms with van der Waals surface area (Å²) in [4.78, 5) is 46.3. The number of carboxylic acid groups (broad SMARTS) is 1. The molecule has 8 nitrogen and oxygen atoms in total. The van der Waals surface area contributed by atoms with Gasteiger partial charge in [-0.1, -0.05) is 154 Å². The number of carbonyl (C=O) groups excluding carboxylic acids is 3. The van der Waals surface area contributed by atoms with E-state index < -0.39 is 5.97 Å². The van der Waals surface area contributed by atoms with Crippen molar-refractivity contribution < 1.29 is 38.5 Å². The van der Waals surface area contributed by atoms with Crippen molar-refractivity contribution in [3.63, 3.8) is 0 Å². The summed E-state index contributed by atoms with van der Waals surface area (Å²) in [6.45, 7) is 3.76. The molecular weight excluding hydrogens is 680 g/mol. The number of carbonyl (C=O) groups is 4. The average molecular weight is 765 g/mol. The number of ether oxygens (including phenoxy) is 3. The Balaban J connectivity index is 3.31. The van der Waals surface area contributed by atoms with Gasteiger partial charge in [0.15, 0.2) is 0 Å². The van der Waals surface area contributed by atoms with E-state index in [1.807, 2.05) is 0 Å². The molecule has 0 aromatic rings. The highest BCUT2D eigenvalue weighted by atomic mass is 16.5. The fraction of sp³-hybridized carbons (Fsp3) is 0.870. The predicted octanol–water partition coefficient (Wildman–Crippen LogP) is 13.3. The van der Waals surface area contributed by atoms with E-state index in [0.717, 1.165) is 116 Å². The fourth-order valence-corrected chi connectivity index (χ4v) is 6.53. The van der Waals surface area contributed by atoms with Gasteiger partial charge in [-0.25, -0.2) is 0 Å². The molecule has 0 aromatic heterocycles. The minimum Gasteiger partial charge on any atom is -0.481 e. The number of unbranched alkanes of at least 4 members (excludes halogenated alkanes) is 27. The summed E-state index contributed by atoms with van der Waals surface area (Å²) in [5, 5.41) is 8.62. The molecule has 0 aromatic carbocycles. The van der Waals surface area contributed by atoms with Crippen LogP contribution in [0.15, 0.2) is 12.2 Å². The van der Waals surface area contributed by atoms with E-state index in [2.05, 4.69) is 19.1 Å². The molecule has 0 spiro atoms. The summed E-state index contributed by atoms with van der Waals surface area (Å²) in [7, 11) is 0. The van der Waals surface area contributed by atoms with Crippen molar-refractivity contribution in [3.05, 3.63) is 12.2 Å². The maximum atomic E-state index is 12.0. The Morgan fingerprint density at radius 3 is 0.926 bits per heavy atom. The number of esters is 3. The normalized spacial score (nSPS) is 11.3. The number of carboxylic acids is 1. The minimum absolute atomic E-state index is 0.0629. The average Bonchev–Trinajstić information content (AvgIpc) is 3.15. The van der Waals surface area contributed by atoms with Gasteiger partial charge in [0.2, 0.25) is 0 Å². The van der Waals surface area contributed by atoms with Crippen LogP contribution in [0.4, 0.5) is 0 Å². The molecule has 0 saturated heterocycles. The smallest absolute Gasteiger partial charge is 0.305 e. The van der Waals surface area contributed by atoms with Gasteiger partial charge >= 0.3 is 23.9 Å². The van der Waals surface area contributed by atoms with Crippen LogP contribution in [0, 0.1) is 0 Å². The van der Waals surface area contributed by atoms with E-state index in [1.165, 1.54) is 89.9 Å². The van der Waals surface area contributed by atoms with E-state index >= 15 is 0 Å². The largest absolute Gasteiger partial charge is 0.481 e. The van der Waals surface area contributed by atoms with Gasteiger partial charge in [-0.15, -0.1) is 0 Å². The number of rotatable bonds is 43. The van der Waals surface area contributed by atoms with Crippen LogP contribution in [0.1, 0.15) is 238 Å². The zero-order valence-corrected chi connectivity index (χ0v) is 35.0. The van der Waals surface area contributed by atoms with Crippen molar-refractivity contribution in [1.82, 2.24) is 0 Å². The van der Waals surface area contributed by atoms with Crippen LogP contribution in [0.2, 0.25) is 0 Å².